The van der Waals surface area contributed by atoms with Gasteiger partial charge in [-0.25, -0.2) is 0 Å². The molecule has 1 heterocycles. The molecular formula is C16H23N3O. The molecule has 2 rings (SSSR count). The first-order valence-electron chi connectivity index (χ1n) is 7.15. The standard InChI is InChI=1S/C16H23N3O/c1-5-10(2)15(17)16-18-14(19-20-16)9-13-7-6-11(3)12(4)8-13/h6-8,10,15H,5,9,17H2,1-4H3/t10?,15-/m0/s1. The first-order valence-corrected chi connectivity index (χ1v) is 7.15. The normalized spacial score (nSPS) is 14.2. The minimum Gasteiger partial charge on any atom is -0.338 e. The van der Waals surface area contributed by atoms with Crippen molar-refractivity contribution in [3.05, 3.63) is 46.6 Å². The molecule has 0 aliphatic heterocycles. The van der Waals surface area contributed by atoms with E-state index in [4.69, 9.17) is 10.3 Å². The van der Waals surface area contributed by atoms with Crippen LogP contribution in [0.2, 0.25) is 0 Å². The van der Waals surface area contributed by atoms with E-state index < -0.39 is 0 Å². The van der Waals surface area contributed by atoms with E-state index >= 15 is 0 Å². The molecule has 0 bridgehead atoms. The molecule has 2 aromatic rings. The zero-order chi connectivity index (χ0) is 14.7. The van der Waals surface area contributed by atoms with Gasteiger partial charge in [-0.2, -0.15) is 4.98 Å². The molecule has 2 N–H and O–H groups in total. The zero-order valence-corrected chi connectivity index (χ0v) is 12.7. The SMILES string of the molecule is CCC(C)[C@H](N)c1nc(Cc2ccc(C)c(C)c2)no1. The van der Waals surface area contributed by atoms with Crippen molar-refractivity contribution < 1.29 is 4.52 Å². The van der Waals surface area contributed by atoms with Crippen LogP contribution < -0.4 is 5.73 Å². The van der Waals surface area contributed by atoms with Crippen LogP contribution in [0.1, 0.15) is 54.7 Å². The Balaban J connectivity index is 2.11. The monoisotopic (exact) mass is 273 g/mol. The van der Waals surface area contributed by atoms with E-state index in [-0.39, 0.29) is 6.04 Å². The summed E-state index contributed by atoms with van der Waals surface area (Å²) < 4.78 is 5.29. The largest absolute Gasteiger partial charge is 0.338 e. The smallest absolute Gasteiger partial charge is 0.243 e. The van der Waals surface area contributed by atoms with Gasteiger partial charge in [0.1, 0.15) is 0 Å². The summed E-state index contributed by atoms with van der Waals surface area (Å²) in [6, 6.07) is 6.21. The van der Waals surface area contributed by atoms with Crippen LogP contribution in [0.25, 0.3) is 0 Å². The molecule has 108 valence electrons. The van der Waals surface area contributed by atoms with Gasteiger partial charge in [-0.3, -0.25) is 0 Å². The Bertz CT molecular complexity index is 577. The van der Waals surface area contributed by atoms with Crippen LogP contribution in [0.3, 0.4) is 0 Å². The van der Waals surface area contributed by atoms with E-state index in [0.29, 0.717) is 24.1 Å². The molecule has 20 heavy (non-hydrogen) atoms. The third-order valence-corrected chi connectivity index (χ3v) is 3.96. The first kappa shape index (κ1) is 14.7. The van der Waals surface area contributed by atoms with Crippen molar-refractivity contribution in [3.63, 3.8) is 0 Å². The Labute approximate surface area is 120 Å². The van der Waals surface area contributed by atoms with Crippen molar-refractivity contribution in [1.82, 2.24) is 10.1 Å². The lowest BCUT2D eigenvalue weighted by atomic mass is 10.0. The average Bonchev–Trinajstić information content (AvgIpc) is 2.89. The number of hydrogen-bond donors (Lipinski definition) is 1. The molecule has 2 atom stereocenters. The van der Waals surface area contributed by atoms with Gasteiger partial charge in [0.25, 0.3) is 0 Å². The number of rotatable bonds is 5. The van der Waals surface area contributed by atoms with Crippen LogP contribution in [0, 0.1) is 19.8 Å². The summed E-state index contributed by atoms with van der Waals surface area (Å²) in [5.74, 6) is 1.57. The summed E-state index contributed by atoms with van der Waals surface area (Å²) in [7, 11) is 0. The maximum atomic E-state index is 6.10. The maximum Gasteiger partial charge on any atom is 0.243 e. The van der Waals surface area contributed by atoms with Crippen molar-refractivity contribution in [3.8, 4) is 0 Å². The lowest BCUT2D eigenvalue weighted by molar-refractivity contribution is 0.310. The minimum atomic E-state index is -0.180. The van der Waals surface area contributed by atoms with E-state index in [1.807, 2.05) is 0 Å². The Hall–Kier alpha value is -1.68. The maximum absolute atomic E-state index is 6.10. The second-order valence-corrected chi connectivity index (χ2v) is 5.56. The Morgan fingerprint density at radius 1 is 1.25 bits per heavy atom. The van der Waals surface area contributed by atoms with Gasteiger partial charge in [0.15, 0.2) is 5.82 Å². The van der Waals surface area contributed by atoms with Crippen molar-refractivity contribution in [2.75, 3.05) is 0 Å². The number of benzene rings is 1. The second kappa shape index (κ2) is 6.18. The molecule has 4 heteroatoms. The van der Waals surface area contributed by atoms with E-state index in [9.17, 15) is 0 Å². The lowest BCUT2D eigenvalue weighted by Gasteiger charge is -2.12. The number of nitrogens with zero attached hydrogens (tertiary/aromatic N) is 2. The van der Waals surface area contributed by atoms with Crippen molar-refractivity contribution >= 4 is 0 Å². The topological polar surface area (TPSA) is 64.9 Å². The molecule has 4 nitrogen and oxygen atoms in total. The summed E-state index contributed by atoms with van der Waals surface area (Å²) in [5, 5.41) is 4.04. The van der Waals surface area contributed by atoms with E-state index in [1.54, 1.807) is 0 Å². The van der Waals surface area contributed by atoms with Crippen LogP contribution >= 0.6 is 0 Å². The van der Waals surface area contributed by atoms with Gasteiger partial charge in [-0.15, -0.1) is 0 Å². The lowest BCUT2D eigenvalue weighted by Crippen LogP contribution is -2.18. The molecule has 0 saturated carbocycles. The Kier molecular flexibility index (Phi) is 4.55. The third-order valence-electron chi connectivity index (χ3n) is 3.96. The Morgan fingerprint density at radius 3 is 2.65 bits per heavy atom. The predicted molar refractivity (Wildman–Crippen MR) is 79.4 cm³/mol. The molecular weight excluding hydrogens is 250 g/mol. The Morgan fingerprint density at radius 2 is 2.00 bits per heavy atom. The highest BCUT2D eigenvalue weighted by Gasteiger charge is 2.20. The molecule has 1 aromatic heterocycles. The molecule has 0 aliphatic carbocycles. The predicted octanol–water partition coefficient (Wildman–Crippen LogP) is 3.32. The van der Waals surface area contributed by atoms with E-state index in [0.717, 1.165) is 6.42 Å². The fraction of sp³-hybridized carbons (Fsp3) is 0.500. The highest BCUT2D eigenvalue weighted by atomic mass is 16.5. The van der Waals surface area contributed by atoms with Gasteiger partial charge < -0.3 is 10.3 Å². The summed E-state index contributed by atoms with van der Waals surface area (Å²) in [6.45, 7) is 8.42. The number of hydrogen-bond acceptors (Lipinski definition) is 4. The van der Waals surface area contributed by atoms with E-state index in [1.165, 1.54) is 16.7 Å². The first-order chi connectivity index (χ1) is 9.51. The molecule has 1 aromatic carbocycles. The summed E-state index contributed by atoms with van der Waals surface area (Å²) in [4.78, 5) is 4.42. The second-order valence-electron chi connectivity index (χ2n) is 5.56. The third kappa shape index (κ3) is 3.25. The van der Waals surface area contributed by atoms with Gasteiger partial charge in [-0.1, -0.05) is 43.6 Å². The van der Waals surface area contributed by atoms with Crippen molar-refractivity contribution in [1.29, 1.82) is 0 Å². The van der Waals surface area contributed by atoms with Gasteiger partial charge >= 0.3 is 0 Å². The highest BCUT2D eigenvalue weighted by Crippen LogP contribution is 2.21. The van der Waals surface area contributed by atoms with Gasteiger partial charge in [0, 0.05) is 6.42 Å². The fourth-order valence-corrected chi connectivity index (χ4v) is 2.07. The molecule has 1 unspecified atom stereocenters. The average molecular weight is 273 g/mol. The molecule has 0 aliphatic rings. The summed E-state index contributed by atoms with van der Waals surface area (Å²) >= 11 is 0. The molecule has 0 saturated heterocycles. The van der Waals surface area contributed by atoms with Crippen LogP contribution in [-0.4, -0.2) is 10.1 Å². The van der Waals surface area contributed by atoms with Gasteiger partial charge in [0.2, 0.25) is 5.89 Å². The van der Waals surface area contributed by atoms with Crippen molar-refractivity contribution in [2.24, 2.45) is 11.7 Å². The molecule has 0 spiro atoms. The van der Waals surface area contributed by atoms with Crippen LogP contribution in [-0.2, 0) is 6.42 Å². The van der Waals surface area contributed by atoms with Crippen molar-refractivity contribution in [2.45, 2.75) is 46.6 Å². The molecule has 0 radical (unpaired) electrons. The van der Waals surface area contributed by atoms with Gasteiger partial charge in [-0.05, 0) is 36.5 Å². The summed E-state index contributed by atoms with van der Waals surface area (Å²) in [6.07, 6.45) is 1.67. The van der Waals surface area contributed by atoms with Gasteiger partial charge in [0.05, 0.1) is 6.04 Å². The zero-order valence-electron chi connectivity index (χ0n) is 12.7. The minimum absolute atomic E-state index is 0.180. The van der Waals surface area contributed by atoms with Crippen LogP contribution in [0.5, 0.6) is 0 Å². The van der Waals surface area contributed by atoms with Crippen LogP contribution in [0.15, 0.2) is 22.7 Å². The quantitative estimate of drug-likeness (QED) is 0.907. The van der Waals surface area contributed by atoms with Crippen LogP contribution in [0.4, 0.5) is 0 Å². The molecule has 0 fully saturated rings. The summed E-state index contributed by atoms with van der Waals surface area (Å²) in [5.41, 5.74) is 9.87. The molecule has 0 amide bonds. The number of nitrogens with two attached hydrogens (primary N) is 1. The number of aryl methyl sites for hydroxylation is 2. The number of aromatic nitrogens is 2. The van der Waals surface area contributed by atoms with E-state index in [2.05, 4.69) is 56.0 Å². The highest BCUT2D eigenvalue weighted by molar-refractivity contribution is 5.31. The fourth-order valence-electron chi connectivity index (χ4n) is 2.07.